The van der Waals surface area contributed by atoms with Crippen molar-refractivity contribution in [2.75, 3.05) is 0 Å². The first kappa shape index (κ1) is 15.5. The first-order chi connectivity index (χ1) is 11.2. The summed E-state index contributed by atoms with van der Waals surface area (Å²) in [7, 11) is 0. The topological polar surface area (TPSA) is 46.9 Å². The van der Waals surface area contributed by atoms with Crippen molar-refractivity contribution in [2.45, 2.75) is 13.1 Å². The van der Waals surface area contributed by atoms with Gasteiger partial charge in [0.05, 0.1) is 6.33 Å². The molecule has 0 fully saturated rings. The molecule has 0 atom stereocenters. The van der Waals surface area contributed by atoms with Gasteiger partial charge in [-0.2, -0.15) is 0 Å². The van der Waals surface area contributed by atoms with Gasteiger partial charge in [-0.25, -0.2) is 4.98 Å². The van der Waals surface area contributed by atoms with E-state index < -0.39 is 0 Å². The summed E-state index contributed by atoms with van der Waals surface area (Å²) >= 11 is 3.36. The molecule has 0 aliphatic rings. The Hall–Kier alpha value is -2.40. The number of amides is 1. The van der Waals surface area contributed by atoms with Gasteiger partial charge in [-0.05, 0) is 35.4 Å². The maximum atomic E-state index is 12.1. The van der Waals surface area contributed by atoms with E-state index in [9.17, 15) is 4.79 Å². The number of aromatic nitrogens is 2. The van der Waals surface area contributed by atoms with E-state index >= 15 is 0 Å². The zero-order valence-corrected chi connectivity index (χ0v) is 14.0. The number of nitrogens with zero attached hydrogens (tertiary/aromatic N) is 2. The van der Waals surface area contributed by atoms with E-state index in [-0.39, 0.29) is 5.91 Å². The summed E-state index contributed by atoms with van der Waals surface area (Å²) in [6.07, 6.45) is 5.50. The van der Waals surface area contributed by atoms with Crippen LogP contribution in [0.25, 0.3) is 0 Å². The Morgan fingerprint density at radius 1 is 1.04 bits per heavy atom. The Labute approximate surface area is 143 Å². The maximum Gasteiger partial charge on any atom is 0.251 e. The normalized spacial score (nSPS) is 10.5. The van der Waals surface area contributed by atoms with Gasteiger partial charge >= 0.3 is 0 Å². The lowest BCUT2D eigenvalue weighted by molar-refractivity contribution is 0.0951. The van der Waals surface area contributed by atoms with Crippen molar-refractivity contribution >= 4 is 21.8 Å². The fourth-order valence-electron chi connectivity index (χ4n) is 2.24. The minimum atomic E-state index is -0.0695. The van der Waals surface area contributed by atoms with Gasteiger partial charge in [0.1, 0.15) is 0 Å². The summed E-state index contributed by atoms with van der Waals surface area (Å²) < 4.78 is 2.98. The van der Waals surface area contributed by atoms with Crippen LogP contribution in [0.4, 0.5) is 0 Å². The monoisotopic (exact) mass is 369 g/mol. The number of hydrogen-bond acceptors (Lipinski definition) is 2. The summed E-state index contributed by atoms with van der Waals surface area (Å²) in [4.78, 5) is 16.1. The van der Waals surface area contributed by atoms with Crippen LogP contribution in [0.2, 0.25) is 0 Å². The van der Waals surface area contributed by atoms with E-state index in [0.717, 1.165) is 16.6 Å². The van der Waals surface area contributed by atoms with Gasteiger partial charge in [0.2, 0.25) is 0 Å². The van der Waals surface area contributed by atoms with Crippen molar-refractivity contribution in [2.24, 2.45) is 0 Å². The average molecular weight is 370 g/mol. The van der Waals surface area contributed by atoms with E-state index in [0.29, 0.717) is 12.1 Å². The zero-order chi connectivity index (χ0) is 16.1. The molecule has 0 saturated heterocycles. The SMILES string of the molecule is O=C(NCc1ccc(Cn2ccnc2)cc1)c1ccc(Br)cc1. The van der Waals surface area contributed by atoms with Gasteiger partial charge in [-0.15, -0.1) is 0 Å². The number of hydrogen-bond donors (Lipinski definition) is 1. The third-order valence-corrected chi connectivity index (χ3v) is 4.04. The first-order valence-corrected chi connectivity index (χ1v) is 8.07. The van der Waals surface area contributed by atoms with Gasteiger partial charge in [0.15, 0.2) is 0 Å². The van der Waals surface area contributed by atoms with Crippen molar-refractivity contribution in [3.05, 3.63) is 88.4 Å². The summed E-state index contributed by atoms with van der Waals surface area (Å²) in [5, 5.41) is 2.93. The molecule has 0 unspecified atom stereocenters. The van der Waals surface area contributed by atoms with E-state index in [2.05, 4.69) is 38.4 Å². The highest BCUT2D eigenvalue weighted by Gasteiger charge is 2.05. The van der Waals surface area contributed by atoms with Crippen LogP contribution in [-0.2, 0) is 13.1 Å². The molecule has 0 aliphatic heterocycles. The van der Waals surface area contributed by atoms with Crippen molar-refractivity contribution in [1.29, 1.82) is 0 Å². The third kappa shape index (κ3) is 4.29. The predicted octanol–water partition coefficient (Wildman–Crippen LogP) is 3.62. The lowest BCUT2D eigenvalue weighted by Gasteiger charge is -2.07. The molecule has 3 rings (SSSR count). The molecule has 0 aliphatic carbocycles. The van der Waals surface area contributed by atoms with E-state index in [1.54, 1.807) is 24.7 Å². The zero-order valence-electron chi connectivity index (χ0n) is 12.4. The number of carbonyl (C=O) groups excluding carboxylic acids is 1. The summed E-state index contributed by atoms with van der Waals surface area (Å²) in [5.74, 6) is -0.0695. The molecule has 0 bridgehead atoms. The molecule has 1 aromatic heterocycles. The minimum absolute atomic E-state index is 0.0695. The molecule has 1 heterocycles. The maximum absolute atomic E-state index is 12.1. The van der Waals surface area contributed by atoms with Gasteiger partial charge < -0.3 is 9.88 Å². The second-order valence-corrected chi connectivity index (χ2v) is 6.16. The second kappa shape index (κ2) is 7.24. The minimum Gasteiger partial charge on any atom is -0.348 e. The fraction of sp³-hybridized carbons (Fsp3) is 0.111. The summed E-state index contributed by atoms with van der Waals surface area (Å²) in [6, 6.07) is 15.5. The highest BCUT2D eigenvalue weighted by molar-refractivity contribution is 9.10. The Kier molecular flexibility index (Phi) is 4.88. The largest absolute Gasteiger partial charge is 0.348 e. The van der Waals surface area contributed by atoms with Crippen LogP contribution in [0, 0.1) is 0 Å². The molecular weight excluding hydrogens is 354 g/mol. The molecular formula is C18H16BrN3O. The molecule has 0 saturated carbocycles. The molecule has 0 radical (unpaired) electrons. The number of carbonyl (C=O) groups is 1. The van der Waals surface area contributed by atoms with Gasteiger partial charge in [0, 0.05) is 35.5 Å². The molecule has 1 N–H and O–H groups in total. The lowest BCUT2D eigenvalue weighted by atomic mass is 10.1. The van der Waals surface area contributed by atoms with Crippen LogP contribution in [0.5, 0.6) is 0 Å². The molecule has 116 valence electrons. The lowest BCUT2D eigenvalue weighted by Crippen LogP contribution is -2.22. The quantitative estimate of drug-likeness (QED) is 0.746. The van der Waals surface area contributed by atoms with Crippen molar-refractivity contribution in [3.8, 4) is 0 Å². The van der Waals surface area contributed by atoms with E-state index in [1.165, 1.54) is 5.56 Å². The van der Waals surface area contributed by atoms with Gasteiger partial charge in [0.25, 0.3) is 5.91 Å². The molecule has 0 spiro atoms. The van der Waals surface area contributed by atoms with Crippen LogP contribution in [0.15, 0.2) is 71.7 Å². The van der Waals surface area contributed by atoms with Crippen LogP contribution >= 0.6 is 15.9 Å². The smallest absolute Gasteiger partial charge is 0.251 e. The first-order valence-electron chi connectivity index (χ1n) is 7.28. The van der Waals surface area contributed by atoms with E-state index in [1.807, 2.05) is 35.0 Å². The fourth-order valence-corrected chi connectivity index (χ4v) is 2.50. The summed E-state index contributed by atoms with van der Waals surface area (Å²) in [6.45, 7) is 1.31. The Morgan fingerprint density at radius 3 is 2.39 bits per heavy atom. The van der Waals surface area contributed by atoms with Crippen LogP contribution in [0.1, 0.15) is 21.5 Å². The second-order valence-electron chi connectivity index (χ2n) is 5.24. The van der Waals surface area contributed by atoms with Crippen LogP contribution in [-0.4, -0.2) is 15.5 Å². The van der Waals surface area contributed by atoms with Crippen molar-refractivity contribution < 1.29 is 4.79 Å². The van der Waals surface area contributed by atoms with Gasteiger partial charge in [-0.3, -0.25) is 4.79 Å². The number of imidazole rings is 1. The van der Waals surface area contributed by atoms with Crippen LogP contribution < -0.4 is 5.32 Å². The molecule has 5 heteroatoms. The highest BCUT2D eigenvalue weighted by atomic mass is 79.9. The highest BCUT2D eigenvalue weighted by Crippen LogP contribution is 2.11. The standard InChI is InChI=1S/C18H16BrN3O/c19-17-7-5-16(6-8-17)18(23)21-11-14-1-3-15(4-2-14)12-22-10-9-20-13-22/h1-10,13H,11-12H2,(H,21,23). The Bertz CT molecular complexity index is 765. The molecule has 1 amide bonds. The number of halogens is 1. The van der Waals surface area contributed by atoms with Crippen LogP contribution in [0.3, 0.4) is 0 Å². The number of rotatable bonds is 5. The molecule has 4 nitrogen and oxygen atoms in total. The predicted molar refractivity (Wildman–Crippen MR) is 93.1 cm³/mol. The van der Waals surface area contributed by atoms with E-state index in [4.69, 9.17) is 0 Å². The van der Waals surface area contributed by atoms with Crippen molar-refractivity contribution in [3.63, 3.8) is 0 Å². The van der Waals surface area contributed by atoms with Crippen molar-refractivity contribution in [1.82, 2.24) is 14.9 Å². The molecule has 2 aromatic carbocycles. The number of benzene rings is 2. The Morgan fingerprint density at radius 2 is 1.74 bits per heavy atom. The average Bonchev–Trinajstić information content (AvgIpc) is 3.07. The Balaban J connectivity index is 1.56. The number of nitrogens with one attached hydrogen (secondary N) is 1. The third-order valence-electron chi connectivity index (χ3n) is 3.51. The molecule has 3 aromatic rings. The summed E-state index contributed by atoms with van der Waals surface area (Å²) in [5.41, 5.74) is 2.93. The molecule has 23 heavy (non-hydrogen) atoms. The van der Waals surface area contributed by atoms with Gasteiger partial charge in [-0.1, -0.05) is 40.2 Å².